The molecule has 1 atom stereocenters. The van der Waals surface area contributed by atoms with Crippen LogP contribution in [-0.4, -0.2) is 18.1 Å². The molecular formula is C16H18N2O. The summed E-state index contributed by atoms with van der Waals surface area (Å²) >= 11 is 0. The van der Waals surface area contributed by atoms with Crippen LogP contribution in [0.25, 0.3) is 0 Å². The molecule has 0 spiro atoms. The number of rotatable bonds is 1. The maximum Gasteiger partial charge on any atom is 0.122 e. The van der Waals surface area contributed by atoms with Crippen molar-refractivity contribution in [3.8, 4) is 5.75 Å². The molecule has 1 aliphatic heterocycles. The third-order valence-electron chi connectivity index (χ3n) is 3.48. The number of hydrogen-bond acceptors (Lipinski definition) is 3. The Morgan fingerprint density at radius 3 is 3.00 bits per heavy atom. The van der Waals surface area contributed by atoms with Gasteiger partial charge < -0.3 is 10.1 Å². The highest BCUT2D eigenvalue weighted by molar-refractivity contribution is 5.33. The van der Waals surface area contributed by atoms with Gasteiger partial charge in [-0.15, -0.1) is 0 Å². The fraction of sp³-hybridized carbons (Fsp3) is 0.312. The van der Waals surface area contributed by atoms with Crippen molar-refractivity contribution in [1.82, 2.24) is 10.3 Å². The predicted octanol–water partition coefficient (Wildman–Crippen LogP) is 2.74. The molecule has 0 bridgehead atoms. The topological polar surface area (TPSA) is 34.1 Å². The van der Waals surface area contributed by atoms with Crippen molar-refractivity contribution in [1.29, 1.82) is 0 Å². The van der Waals surface area contributed by atoms with Crippen molar-refractivity contribution >= 4 is 0 Å². The zero-order valence-corrected chi connectivity index (χ0v) is 10.9. The van der Waals surface area contributed by atoms with Gasteiger partial charge in [0.05, 0.1) is 6.04 Å². The lowest BCUT2D eigenvalue weighted by Crippen LogP contribution is -2.27. The van der Waals surface area contributed by atoms with Crippen LogP contribution >= 0.6 is 0 Å². The first-order valence-corrected chi connectivity index (χ1v) is 6.77. The Kier molecular flexibility index (Phi) is 3.75. The van der Waals surface area contributed by atoms with E-state index >= 15 is 0 Å². The van der Waals surface area contributed by atoms with Gasteiger partial charge in [-0.05, 0) is 42.6 Å². The van der Waals surface area contributed by atoms with Crippen LogP contribution < -0.4 is 10.1 Å². The average molecular weight is 254 g/mol. The average Bonchev–Trinajstić information content (AvgIpc) is 2.58. The summed E-state index contributed by atoms with van der Waals surface area (Å²) in [6, 6.07) is 12.6. The minimum atomic E-state index is 0.208. The highest BCUT2D eigenvalue weighted by Crippen LogP contribution is 2.23. The lowest BCUT2D eigenvalue weighted by molar-refractivity contribution is 0.268. The molecule has 2 aromatic rings. The van der Waals surface area contributed by atoms with Crippen LogP contribution in [0.4, 0.5) is 0 Å². The molecule has 0 radical (unpaired) electrons. The number of benzene rings is 1. The van der Waals surface area contributed by atoms with Crippen molar-refractivity contribution in [2.45, 2.75) is 18.9 Å². The van der Waals surface area contributed by atoms with Crippen LogP contribution in [0.3, 0.4) is 0 Å². The Balaban J connectivity index is 1.80. The lowest BCUT2D eigenvalue weighted by atomic mass is 10.1. The van der Waals surface area contributed by atoms with Crippen LogP contribution in [0.1, 0.15) is 23.6 Å². The van der Waals surface area contributed by atoms with Gasteiger partial charge in [-0.2, -0.15) is 0 Å². The molecule has 1 aliphatic rings. The standard InChI is InChI=1S/C16H18N2O/c1-2-8-16-13(5-1)6-4-10-18-15(12-19-16)14-7-3-9-17-11-14/h1-3,5,7-9,11,15,18H,4,6,10,12H2. The van der Waals surface area contributed by atoms with E-state index in [1.165, 1.54) is 11.1 Å². The van der Waals surface area contributed by atoms with Crippen molar-refractivity contribution in [2.24, 2.45) is 0 Å². The molecule has 0 aliphatic carbocycles. The minimum absolute atomic E-state index is 0.208. The van der Waals surface area contributed by atoms with E-state index in [4.69, 9.17) is 4.74 Å². The number of pyridine rings is 1. The molecule has 0 fully saturated rings. The number of nitrogens with zero attached hydrogens (tertiary/aromatic N) is 1. The highest BCUT2D eigenvalue weighted by Gasteiger charge is 2.15. The number of fused-ring (bicyclic) bond motifs is 1. The van der Waals surface area contributed by atoms with E-state index in [1.54, 1.807) is 6.20 Å². The largest absolute Gasteiger partial charge is 0.491 e. The molecule has 3 heteroatoms. The molecule has 1 unspecified atom stereocenters. The number of hydrogen-bond donors (Lipinski definition) is 1. The van der Waals surface area contributed by atoms with Gasteiger partial charge in [0, 0.05) is 12.4 Å². The molecule has 19 heavy (non-hydrogen) atoms. The third-order valence-corrected chi connectivity index (χ3v) is 3.48. The van der Waals surface area contributed by atoms with Gasteiger partial charge in [0.25, 0.3) is 0 Å². The van der Waals surface area contributed by atoms with Crippen molar-refractivity contribution < 1.29 is 4.74 Å². The number of aromatic nitrogens is 1. The van der Waals surface area contributed by atoms with Gasteiger partial charge in [-0.25, -0.2) is 0 Å². The van der Waals surface area contributed by atoms with Gasteiger partial charge in [0.15, 0.2) is 0 Å². The summed E-state index contributed by atoms with van der Waals surface area (Å²) in [4.78, 5) is 4.19. The van der Waals surface area contributed by atoms with Crippen LogP contribution in [-0.2, 0) is 6.42 Å². The summed E-state index contributed by atoms with van der Waals surface area (Å²) in [6.45, 7) is 1.64. The summed E-state index contributed by atoms with van der Waals surface area (Å²) in [5.74, 6) is 1.01. The molecule has 2 heterocycles. The fourth-order valence-electron chi connectivity index (χ4n) is 2.43. The Bertz CT molecular complexity index is 527. The molecule has 0 saturated heterocycles. The summed E-state index contributed by atoms with van der Waals surface area (Å²) in [5.41, 5.74) is 2.48. The summed E-state index contributed by atoms with van der Waals surface area (Å²) < 4.78 is 5.99. The minimum Gasteiger partial charge on any atom is -0.491 e. The molecule has 1 aromatic carbocycles. The number of ether oxygens (including phenoxy) is 1. The maximum absolute atomic E-state index is 5.99. The fourth-order valence-corrected chi connectivity index (χ4v) is 2.43. The third kappa shape index (κ3) is 2.93. The second-order valence-corrected chi connectivity index (χ2v) is 4.82. The van der Waals surface area contributed by atoms with Gasteiger partial charge in [-0.1, -0.05) is 24.3 Å². The van der Waals surface area contributed by atoms with Crippen LogP contribution in [0.5, 0.6) is 5.75 Å². The van der Waals surface area contributed by atoms with E-state index in [2.05, 4.69) is 34.6 Å². The van der Waals surface area contributed by atoms with Gasteiger partial charge in [-0.3, -0.25) is 4.98 Å². The SMILES string of the molecule is c1cncc(C2COc3ccccc3CCCN2)c1. The number of aryl methyl sites for hydroxylation is 1. The molecule has 1 N–H and O–H groups in total. The molecule has 0 amide bonds. The molecule has 0 saturated carbocycles. The van der Waals surface area contributed by atoms with E-state index in [0.717, 1.165) is 25.1 Å². The predicted molar refractivity (Wildman–Crippen MR) is 75.2 cm³/mol. The van der Waals surface area contributed by atoms with Gasteiger partial charge in [0.2, 0.25) is 0 Å². The van der Waals surface area contributed by atoms with Gasteiger partial charge >= 0.3 is 0 Å². The zero-order chi connectivity index (χ0) is 12.9. The van der Waals surface area contributed by atoms with Crippen LogP contribution in [0.2, 0.25) is 0 Å². The van der Waals surface area contributed by atoms with E-state index in [-0.39, 0.29) is 6.04 Å². The van der Waals surface area contributed by atoms with Crippen molar-refractivity contribution in [3.63, 3.8) is 0 Å². The summed E-state index contributed by atoms with van der Waals surface area (Å²) in [7, 11) is 0. The van der Waals surface area contributed by atoms with Gasteiger partial charge in [0.1, 0.15) is 12.4 Å². The smallest absolute Gasteiger partial charge is 0.122 e. The first-order valence-electron chi connectivity index (χ1n) is 6.77. The monoisotopic (exact) mass is 254 g/mol. The zero-order valence-electron chi connectivity index (χ0n) is 10.9. The van der Waals surface area contributed by atoms with E-state index in [0.29, 0.717) is 6.61 Å². The number of nitrogens with one attached hydrogen (secondary N) is 1. The van der Waals surface area contributed by atoms with Crippen molar-refractivity contribution in [3.05, 3.63) is 59.9 Å². The molecular weight excluding hydrogens is 236 g/mol. The Labute approximate surface area is 113 Å². The van der Waals surface area contributed by atoms with Crippen LogP contribution in [0.15, 0.2) is 48.8 Å². The molecule has 98 valence electrons. The lowest BCUT2D eigenvalue weighted by Gasteiger charge is -2.18. The van der Waals surface area contributed by atoms with E-state index < -0.39 is 0 Å². The second kappa shape index (κ2) is 5.85. The van der Waals surface area contributed by atoms with Crippen LogP contribution in [0, 0.1) is 0 Å². The first-order chi connectivity index (χ1) is 9.43. The molecule has 3 rings (SSSR count). The Morgan fingerprint density at radius 1 is 1.16 bits per heavy atom. The Morgan fingerprint density at radius 2 is 2.11 bits per heavy atom. The van der Waals surface area contributed by atoms with E-state index in [1.807, 2.05) is 18.3 Å². The Hall–Kier alpha value is -1.87. The van der Waals surface area contributed by atoms with Crippen molar-refractivity contribution in [2.75, 3.05) is 13.2 Å². The first kappa shape index (κ1) is 12.2. The maximum atomic E-state index is 5.99. The second-order valence-electron chi connectivity index (χ2n) is 4.82. The summed E-state index contributed by atoms with van der Waals surface area (Å²) in [5, 5.41) is 3.55. The number of para-hydroxylation sites is 1. The normalized spacial score (nSPS) is 19.5. The molecule has 1 aromatic heterocycles. The highest BCUT2D eigenvalue weighted by atomic mass is 16.5. The molecule has 3 nitrogen and oxygen atoms in total. The summed E-state index contributed by atoms with van der Waals surface area (Å²) in [6.07, 6.45) is 5.89. The van der Waals surface area contributed by atoms with E-state index in [9.17, 15) is 0 Å². The quantitative estimate of drug-likeness (QED) is 0.849.